The molecule has 0 aliphatic rings. The topological polar surface area (TPSA) is 38.3 Å². The van der Waals surface area contributed by atoms with E-state index in [0.717, 1.165) is 0 Å². The zero-order valence-electron chi connectivity index (χ0n) is 10.1. The number of carbonyl (C=O) groups excluding carboxylic acids is 1. The highest BCUT2D eigenvalue weighted by Gasteiger charge is 2.25. The molecule has 1 atom stereocenters. The second-order valence-electron chi connectivity index (χ2n) is 3.52. The SMILES string of the molecule is C=CCNC(C(=O)OCC)c1c(Cl)cccc1Cl. The molecule has 18 heavy (non-hydrogen) atoms. The predicted octanol–water partition coefficient (Wildman–Crippen LogP) is 3.37. The quantitative estimate of drug-likeness (QED) is 0.644. The van der Waals surface area contributed by atoms with Crippen LogP contribution in [0.3, 0.4) is 0 Å². The highest BCUT2D eigenvalue weighted by Crippen LogP contribution is 2.30. The van der Waals surface area contributed by atoms with Crippen molar-refractivity contribution in [2.24, 2.45) is 0 Å². The van der Waals surface area contributed by atoms with Crippen molar-refractivity contribution in [2.75, 3.05) is 13.2 Å². The fourth-order valence-corrected chi connectivity index (χ4v) is 2.13. The summed E-state index contributed by atoms with van der Waals surface area (Å²) in [5, 5.41) is 3.85. The Morgan fingerprint density at radius 3 is 2.61 bits per heavy atom. The van der Waals surface area contributed by atoms with Crippen LogP contribution in [0.25, 0.3) is 0 Å². The predicted molar refractivity (Wildman–Crippen MR) is 74.0 cm³/mol. The van der Waals surface area contributed by atoms with Crippen LogP contribution in [0.5, 0.6) is 0 Å². The normalized spacial score (nSPS) is 11.9. The lowest BCUT2D eigenvalue weighted by Crippen LogP contribution is -2.30. The first-order chi connectivity index (χ1) is 8.61. The van der Waals surface area contributed by atoms with Crippen LogP contribution in [-0.4, -0.2) is 19.1 Å². The molecule has 0 aliphatic heterocycles. The molecule has 1 unspecified atom stereocenters. The van der Waals surface area contributed by atoms with Crippen molar-refractivity contribution in [1.29, 1.82) is 0 Å². The summed E-state index contributed by atoms with van der Waals surface area (Å²) in [7, 11) is 0. The number of carbonyl (C=O) groups is 1. The number of nitrogens with one attached hydrogen (secondary N) is 1. The van der Waals surface area contributed by atoms with Gasteiger partial charge in [-0.2, -0.15) is 0 Å². The number of hydrogen-bond acceptors (Lipinski definition) is 3. The van der Waals surface area contributed by atoms with Crippen molar-refractivity contribution in [2.45, 2.75) is 13.0 Å². The maximum absolute atomic E-state index is 11.9. The Labute approximate surface area is 117 Å². The van der Waals surface area contributed by atoms with Crippen LogP contribution < -0.4 is 5.32 Å². The highest BCUT2D eigenvalue weighted by molar-refractivity contribution is 6.36. The largest absolute Gasteiger partial charge is 0.465 e. The van der Waals surface area contributed by atoms with Crippen molar-refractivity contribution < 1.29 is 9.53 Å². The number of rotatable bonds is 6. The monoisotopic (exact) mass is 287 g/mol. The highest BCUT2D eigenvalue weighted by atomic mass is 35.5. The van der Waals surface area contributed by atoms with Crippen LogP contribution in [0, 0.1) is 0 Å². The van der Waals surface area contributed by atoms with Gasteiger partial charge in [-0.1, -0.05) is 35.3 Å². The van der Waals surface area contributed by atoms with E-state index in [1.165, 1.54) is 0 Å². The summed E-state index contributed by atoms with van der Waals surface area (Å²) in [6.07, 6.45) is 1.65. The van der Waals surface area contributed by atoms with E-state index in [1.54, 1.807) is 31.2 Å². The Morgan fingerprint density at radius 2 is 2.11 bits per heavy atom. The van der Waals surface area contributed by atoms with E-state index in [9.17, 15) is 4.79 Å². The molecule has 0 amide bonds. The first-order valence-corrected chi connectivity index (χ1v) is 6.32. The first kappa shape index (κ1) is 15.0. The van der Waals surface area contributed by atoms with E-state index < -0.39 is 12.0 Å². The summed E-state index contributed by atoms with van der Waals surface area (Å²) < 4.78 is 5.01. The molecule has 0 bridgehead atoms. The molecule has 0 saturated carbocycles. The molecule has 1 aromatic rings. The Bertz CT molecular complexity index is 415. The third kappa shape index (κ3) is 3.73. The third-order valence-electron chi connectivity index (χ3n) is 2.28. The van der Waals surface area contributed by atoms with Crippen molar-refractivity contribution in [1.82, 2.24) is 5.32 Å². The van der Waals surface area contributed by atoms with Crippen molar-refractivity contribution in [3.63, 3.8) is 0 Å². The van der Waals surface area contributed by atoms with Crippen LogP contribution in [0.2, 0.25) is 10.0 Å². The molecule has 0 aromatic heterocycles. The van der Waals surface area contributed by atoms with E-state index >= 15 is 0 Å². The van der Waals surface area contributed by atoms with Gasteiger partial charge in [-0.3, -0.25) is 5.32 Å². The number of halogens is 2. The molecule has 0 fully saturated rings. The summed E-state index contributed by atoms with van der Waals surface area (Å²) in [4.78, 5) is 11.9. The van der Waals surface area contributed by atoms with Crippen molar-refractivity contribution >= 4 is 29.2 Å². The van der Waals surface area contributed by atoms with Gasteiger partial charge in [-0.25, -0.2) is 4.79 Å². The molecule has 1 N–H and O–H groups in total. The van der Waals surface area contributed by atoms with E-state index in [2.05, 4.69) is 11.9 Å². The molecular formula is C13H15Cl2NO2. The van der Waals surface area contributed by atoms with Crippen molar-refractivity contribution in [3.8, 4) is 0 Å². The first-order valence-electron chi connectivity index (χ1n) is 5.56. The molecule has 0 aliphatic carbocycles. The van der Waals surface area contributed by atoms with Gasteiger partial charge >= 0.3 is 5.97 Å². The van der Waals surface area contributed by atoms with Crippen LogP contribution in [0.15, 0.2) is 30.9 Å². The minimum atomic E-state index is -0.691. The molecule has 1 rings (SSSR count). The molecule has 0 radical (unpaired) electrons. The zero-order valence-corrected chi connectivity index (χ0v) is 11.6. The van der Waals surface area contributed by atoms with E-state index in [0.29, 0.717) is 28.8 Å². The smallest absolute Gasteiger partial charge is 0.327 e. The Kier molecular flexibility index (Phi) is 6.19. The third-order valence-corrected chi connectivity index (χ3v) is 2.94. The molecule has 5 heteroatoms. The summed E-state index contributed by atoms with van der Waals surface area (Å²) in [6.45, 7) is 6.09. The molecular weight excluding hydrogens is 273 g/mol. The molecule has 98 valence electrons. The fraction of sp³-hybridized carbons (Fsp3) is 0.308. The molecule has 1 aromatic carbocycles. The second-order valence-corrected chi connectivity index (χ2v) is 4.33. The van der Waals surface area contributed by atoms with Gasteiger partial charge in [-0.15, -0.1) is 6.58 Å². The minimum absolute atomic E-state index is 0.299. The van der Waals surface area contributed by atoms with Crippen molar-refractivity contribution in [3.05, 3.63) is 46.5 Å². The lowest BCUT2D eigenvalue weighted by molar-refractivity contribution is -0.145. The number of hydrogen-bond donors (Lipinski definition) is 1. The van der Waals surface area contributed by atoms with Gasteiger partial charge in [0.15, 0.2) is 0 Å². The number of benzene rings is 1. The maximum Gasteiger partial charge on any atom is 0.327 e. The summed E-state index contributed by atoms with van der Waals surface area (Å²) in [6, 6.07) is 4.41. The van der Waals surface area contributed by atoms with Gasteiger partial charge < -0.3 is 4.74 Å². The summed E-state index contributed by atoms with van der Waals surface area (Å²) in [5.41, 5.74) is 0.529. The van der Waals surface area contributed by atoms with Crippen LogP contribution in [-0.2, 0) is 9.53 Å². The Morgan fingerprint density at radius 1 is 1.50 bits per heavy atom. The summed E-state index contributed by atoms with van der Waals surface area (Å²) >= 11 is 12.2. The molecule has 0 spiro atoms. The zero-order chi connectivity index (χ0) is 13.5. The van der Waals surface area contributed by atoms with Crippen LogP contribution >= 0.6 is 23.2 Å². The molecule has 3 nitrogen and oxygen atoms in total. The second kappa shape index (κ2) is 7.41. The summed E-state index contributed by atoms with van der Waals surface area (Å²) in [5.74, 6) is -0.408. The Hall–Kier alpha value is -1.03. The van der Waals surface area contributed by atoms with Gasteiger partial charge in [0.2, 0.25) is 0 Å². The van der Waals surface area contributed by atoms with Gasteiger partial charge in [-0.05, 0) is 19.1 Å². The average molecular weight is 288 g/mol. The van der Waals surface area contributed by atoms with E-state index in [-0.39, 0.29) is 0 Å². The van der Waals surface area contributed by atoms with E-state index in [1.807, 2.05) is 0 Å². The standard InChI is InChI=1S/C13H15Cl2NO2/c1-3-8-16-12(13(17)18-4-2)11-9(14)6-5-7-10(11)15/h3,5-7,12,16H,1,4,8H2,2H3. The lowest BCUT2D eigenvalue weighted by Gasteiger charge is -2.19. The van der Waals surface area contributed by atoms with Crippen LogP contribution in [0.1, 0.15) is 18.5 Å². The van der Waals surface area contributed by atoms with Crippen LogP contribution in [0.4, 0.5) is 0 Å². The van der Waals surface area contributed by atoms with E-state index in [4.69, 9.17) is 27.9 Å². The van der Waals surface area contributed by atoms with Gasteiger partial charge in [0.05, 0.1) is 6.61 Å². The lowest BCUT2D eigenvalue weighted by atomic mass is 10.1. The molecule has 0 heterocycles. The fourth-order valence-electron chi connectivity index (χ4n) is 1.52. The molecule has 0 saturated heterocycles. The van der Waals surface area contributed by atoms with Gasteiger partial charge in [0.25, 0.3) is 0 Å². The Balaban J connectivity index is 3.08. The number of esters is 1. The maximum atomic E-state index is 11.9. The minimum Gasteiger partial charge on any atom is -0.465 e. The van der Waals surface area contributed by atoms with Gasteiger partial charge in [0, 0.05) is 22.2 Å². The average Bonchev–Trinajstić information content (AvgIpc) is 2.33. The van der Waals surface area contributed by atoms with Gasteiger partial charge in [0.1, 0.15) is 6.04 Å². The number of ether oxygens (including phenoxy) is 1.